The van der Waals surface area contributed by atoms with Crippen LogP contribution in [0.15, 0.2) is 24.3 Å². The van der Waals surface area contributed by atoms with Crippen LogP contribution < -0.4 is 0 Å². The lowest BCUT2D eigenvalue weighted by Gasteiger charge is -1.88. The van der Waals surface area contributed by atoms with Crippen molar-refractivity contribution in [1.82, 2.24) is 0 Å². The molecule has 0 amide bonds. The van der Waals surface area contributed by atoms with Crippen LogP contribution in [-0.4, -0.2) is 22.8 Å². The van der Waals surface area contributed by atoms with Crippen LogP contribution in [0.2, 0.25) is 0 Å². The number of allylic oxidation sites excluding steroid dienone is 3. The van der Waals surface area contributed by atoms with Crippen LogP contribution in [0.3, 0.4) is 0 Å². The molecule has 0 spiro atoms. The number of aliphatic carboxylic acids is 1. The fraction of sp³-hybridized carbons (Fsp3) is 0.643. The van der Waals surface area contributed by atoms with Crippen LogP contribution in [0.25, 0.3) is 0 Å². The van der Waals surface area contributed by atoms with Crippen molar-refractivity contribution >= 4 is 5.97 Å². The Morgan fingerprint density at radius 1 is 1.00 bits per heavy atom. The molecule has 0 atom stereocenters. The zero-order chi connectivity index (χ0) is 13.4. The molecular weight excluding hydrogens is 216 g/mol. The molecule has 0 fully saturated rings. The molecule has 0 saturated carbocycles. The number of hydrogen-bond donors (Lipinski definition) is 2. The van der Waals surface area contributed by atoms with Crippen LogP contribution in [0.1, 0.15) is 52.4 Å². The second kappa shape index (κ2) is 17.3. The van der Waals surface area contributed by atoms with Gasteiger partial charge in [0.05, 0.1) is 0 Å². The molecule has 100 valence electrons. The summed E-state index contributed by atoms with van der Waals surface area (Å²) in [4.78, 5) is 10.0. The highest BCUT2D eigenvalue weighted by Gasteiger charge is 1.92. The average molecular weight is 242 g/mol. The molecule has 0 aromatic carbocycles. The molecule has 0 bridgehead atoms. The first-order chi connectivity index (χ1) is 8.18. The zero-order valence-electron chi connectivity index (χ0n) is 11.1. The van der Waals surface area contributed by atoms with E-state index in [4.69, 9.17) is 10.2 Å². The third-order valence-corrected chi connectivity index (χ3v) is 1.86. The molecule has 0 aliphatic heterocycles. The number of aliphatic hydroxyl groups excluding tert-OH is 1. The molecule has 0 aliphatic rings. The predicted molar refractivity (Wildman–Crippen MR) is 72.1 cm³/mol. The summed E-state index contributed by atoms with van der Waals surface area (Å²) < 4.78 is 0. The van der Waals surface area contributed by atoms with Crippen molar-refractivity contribution in [3.63, 3.8) is 0 Å². The largest absolute Gasteiger partial charge is 0.481 e. The van der Waals surface area contributed by atoms with E-state index in [-0.39, 0.29) is 13.0 Å². The molecule has 3 nitrogen and oxygen atoms in total. The average Bonchev–Trinajstić information content (AvgIpc) is 2.30. The normalized spacial score (nSPS) is 10.5. The minimum absolute atomic E-state index is 0.274. The van der Waals surface area contributed by atoms with E-state index in [0.29, 0.717) is 0 Å². The molecule has 0 aliphatic carbocycles. The maximum absolute atomic E-state index is 10.0. The number of rotatable bonds is 8. The van der Waals surface area contributed by atoms with Gasteiger partial charge in [0.2, 0.25) is 0 Å². The molecule has 2 N–H and O–H groups in total. The predicted octanol–water partition coefficient (Wildman–Crippen LogP) is 3.54. The molecule has 0 saturated heterocycles. The quantitative estimate of drug-likeness (QED) is 0.505. The van der Waals surface area contributed by atoms with Gasteiger partial charge in [-0.2, -0.15) is 0 Å². The number of aliphatic hydroxyl groups is 1. The lowest BCUT2D eigenvalue weighted by Crippen LogP contribution is -1.92. The molecule has 0 aromatic heterocycles. The molecule has 0 radical (unpaired) electrons. The van der Waals surface area contributed by atoms with Crippen molar-refractivity contribution in [1.29, 1.82) is 0 Å². The van der Waals surface area contributed by atoms with Crippen molar-refractivity contribution in [2.24, 2.45) is 0 Å². The van der Waals surface area contributed by atoms with E-state index in [0.717, 1.165) is 32.1 Å². The van der Waals surface area contributed by atoms with E-state index in [1.54, 1.807) is 0 Å². The number of unbranched alkanes of at least 4 members (excludes halogenated alkanes) is 1. The highest BCUT2D eigenvalue weighted by Crippen LogP contribution is 1.96. The van der Waals surface area contributed by atoms with Crippen molar-refractivity contribution < 1.29 is 15.0 Å². The Kier molecular flexibility index (Phi) is 18.6. The summed E-state index contributed by atoms with van der Waals surface area (Å²) in [5.41, 5.74) is 0. The van der Waals surface area contributed by atoms with Crippen LogP contribution in [-0.2, 0) is 4.79 Å². The van der Waals surface area contributed by atoms with Gasteiger partial charge >= 0.3 is 5.97 Å². The number of carboxylic acid groups (broad SMARTS) is 1. The van der Waals surface area contributed by atoms with Crippen LogP contribution >= 0.6 is 0 Å². The van der Waals surface area contributed by atoms with Gasteiger partial charge in [0, 0.05) is 13.0 Å². The maximum atomic E-state index is 10.0. The molecule has 0 rings (SSSR count). The Morgan fingerprint density at radius 3 is 1.94 bits per heavy atom. The topological polar surface area (TPSA) is 57.5 Å². The van der Waals surface area contributed by atoms with Crippen LogP contribution in [0.4, 0.5) is 0 Å². The molecule has 17 heavy (non-hydrogen) atoms. The van der Waals surface area contributed by atoms with Gasteiger partial charge in [0.1, 0.15) is 0 Å². The lowest BCUT2D eigenvalue weighted by molar-refractivity contribution is -0.137. The minimum atomic E-state index is -0.704. The minimum Gasteiger partial charge on any atom is -0.481 e. The van der Waals surface area contributed by atoms with Gasteiger partial charge in [0.25, 0.3) is 0 Å². The summed E-state index contributed by atoms with van der Waals surface area (Å²) in [6.45, 7) is 4.41. The molecule has 0 unspecified atom stereocenters. The van der Waals surface area contributed by atoms with Gasteiger partial charge in [-0.3, -0.25) is 4.79 Å². The zero-order valence-corrected chi connectivity index (χ0v) is 11.1. The number of carbonyl (C=O) groups is 1. The van der Waals surface area contributed by atoms with Gasteiger partial charge in [-0.05, 0) is 32.1 Å². The second-order valence-corrected chi connectivity index (χ2v) is 3.56. The van der Waals surface area contributed by atoms with Crippen molar-refractivity contribution in [3.05, 3.63) is 24.3 Å². The fourth-order valence-electron chi connectivity index (χ4n) is 1.01. The highest BCUT2D eigenvalue weighted by atomic mass is 16.4. The Bertz CT molecular complexity index is 208. The standard InChI is InChI=1S/C8H14O2.C6H12O/c1-2-3-4-5-6-7-8(9)10;1-2-3-4-5-6-7/h3-4H,2,5-7H2,1H3,(H,9,10);3-4,7H,2,5-6H2,1H3/b2*4-3-. The number of carboxylic acids is 1. The second-order valence-electron chi connectivity index (χ2n) is 3.56. The van der Waals surface area contributed by atoms with Gasteiger partial charge in [-0.15, -0.1) is 0 Å². The summed E-state index contributed by atoms with van der Waals surface area (Å²) in [7, 11) is 0. The van der Waals surface area contributed by atoms with Crippen LogP contribution in [0, 0.1) is 0 Å². The number of hydrogen-bond acceptors (Lipinski definition) is 2. The van der Waals surface area contributed by atoms with E-state index in [9.17, 15) is 4.79 Å². The van der Waals surface area contributed by atoms with Crippen molar-refractivity contribution in [2.75, 3.05) is 6.61 Å². The summed E-state index contributed by atoms with van der Waals surface area (Å²) in [6.07, 6.45) is 13.0. The first-order valence-corrected chi connectivity index (χ1v) is 6.31. The van der Waals surface area contributed by atoms with Crippen molar-refractivity contribution in [3.8, 4) is 0 Å². The van der Waals surface area contributed by atoms with Crippen LogP contribution in [0.5, 0.6) is 0 Å². The first kappa shape index (κ1) is 18.3. The van der Waals surface area contributed by atoms with E-state index >= 15 is 0 Å². The van der Waals surface area contributed by atoms with Gasteiger partial charge < -0.3 is 10.2 Å². The summed E-state index contributed by atoms with van der Waals surface area (Å²) in [5.74, 6) is -0.704. The molecule has 0 aromatic rings. The maximum Gasteiger partial charge on any atom is 0.303 e. The Morgan fingerprint density at radius 2 is 1.53 bits per heavy atom. The summed E-state index contributed by atoms with van der Waals surface area (Å²) >= 11 is 0. The van der Waals surface area contributed by atoms with E-state index in [1.807, 2.05) is 12.2 Å². The Hall–Kier alpha value is -1.09. The highest BCUT2D eigenvalue weighted by molar-refractivity contribution is 5.66. The molecule has 0 heterocycles. The summed E-state index contributed by atoms with van der Waals surface area (Å²) in [6, 6.07) is 0. The summed E-state index contributed by atoms with van der Waals surface area (Å²) in [5, 5.41) is 16.5. The molecular formula is C14H26O3. The Balaban J connectivity index is 0. The fourth-order valence-corrected chi connectivity index (χ4v) is 1.01. The van der Waals surface area contributed by atoms with E-state index in [2.05, 4.69) is 26.0 Å². The van der Waals surface area contributed by atoms with E-state index < -0.39 is 5.97 Å². The third-order valence-electron chi connectivity index (χ3n) is 1.86. The molecule has 3 heteroatoms. The smallest absolute Gasteiger partial charge is 0.303 e. The Labute approximate surface area is 105 Å². The monoisotopic (exact) mass is 242 g/mol. The van der Waals surface area contributed by atoms with Gasteiger partial charge in [-0.25, -0.2) is 0 Å². The SMILES string of the molecule is CC/C=C\CCCC(=O)O.CC/C=C\CCO. The van der Waals surface area contributed by atoms with E-state index in [1.165, 1.54) is 0 Å². The van der Waals surface area contributed by atoms with Gasteiger partial charge in [0.15, 0.2) is 0 Å². The third kappa shape index (κ3) is 25.3. The first-order valence-electron chi connectivity index (χ1n) is 6.31. The van der Waals surface area contributed by atoms with Gasteiger partial charge in [-0.1, -0.05) is 38.2 Å². The van der Waals surface area contributed by atoms with Crippen molar-refractivity contribution in [2.45, 2.75) is 52.4 Å². The lowest BCUT2D eigenvalue weighted by atomic mass is 10.2.